The van der Waals surface area contributed by atoms with Gasteiger partial charge >= 0.3 is 0 Å². The molecule has 1 N–H and O–H groups in total. The average Bonchev–Trinajstić information content (AvgIpc) is 2.15. The second-order valence-corrected chi connectivity index (χ2v) is 3.07. The van der Waals surface area contributed by atoms with E-state index >= 15 is 0 Å². The van der Waals surface area contributed by atoms with Crippen LogP contribution in [-0.4, -0.2) is 10.1 Å². The maximum atomic E-state index is 10.3. The lowest BCUT2D eigenvalue weighted by atomic mass is 10.3. The first kappa shape index (κ1) is 10.5. The highest BCUT2D eigenvalue weighted by Gasteiger charge is 2.02. The van der Waals surface area contributed by atoms with Crippen molar-refractivity contribution in [2.45, 2.75) is 6.92 Å². The molecule has 0 aliphatic rings. The van der Waals surface area contributed by atoms with Crippen molar-refractivity contribution in [3.63, 3.8) is 0 Å². The van der Waals surface area contributed by atoms with Crippen LogP contribution in [0.25, 0.3) is 0 Å². The van der Waals surface area contributed by atoms with Crippen LogP contribution < -0.4 is 5.43 Å². The number of anilines is 1. The first-order chi connectivity index (χ1) is 6.59. The van der Waals surface area contributed by atoms with Crippen molar-refractivity contribution in [3.05, 3.63) is 34.4 Å². The van der Waals surface area contributed by atoms with Crippen molar-refractivity contribution < 1.29 is 4.92 Å². The number of benzene rings is 1. The molecule has 0 amide bonds. The third-order valence-corrected chi connectivity index (χ3v) is 1.50. The SMILES string of the molecule is C/C(Cl)=N/Nc1ccc([N+](=O)[O-])cc1. The summed E-state index contributed by atoms with van der Waals surface area (Å²) in [6.07, 6.45) is 0. The molecule has 5 nitrogen and oxygen atoms in total. The zero-order valence-electron chi connectivity index (χ0n) is 7.40. The zero-order valence-corrected chi connectivity index (χ0v) is 8.15. The highest BCUT2D eigenvalue weighted by molar-refractivity contribution is 6.64. The van der Waals surface area contributed by atoms with Gasteiger partial charge in [0.05, 0.1) is 10.6 Å². The fourth-order valence-electron chi connectivity index (χ4n) is 0.799. The van der Waals surface area contributed by atoms with Gasteiger partial charge in [-0.15, -0.1) is 0 Å². The molecule has 1 aromatic carbocycles. The van der Waals surface area contributed by atoms with E-state index in [1.54, 1.807) is 19.1 Å². The Balaban J connectivity index is 2.74. The molecular formula is C8H8ClN3O2. The molecule has 14 heavy (non-hydrogen) atoms. The van der Waals surface area contributed by atoms with Gasteiger partial charge in [0.2, 0.25) is 0 Å². The monoisotopic (exact) mass is 213 g/mol. The maximum absolute atomic E-state index is 10.3. The molecule has 0 saturated heterocycles. The molecule has 0 saturated carbocycles. The molecular weight excluding hydrogens is 206 g/mol. The number of hydrogen-bond acceptors (Lipinski definition) is 4. The number of nitrogens with one attached hydrogen (secondary N) is 1. The summed E-state index contributed by atoms with van der Waals surface area (Å²) >= 11 is 5.49. The lowest BCUT2D eigenvalue weighted by Gasteiger charge is -1.98. The fourth-order valence-corrected chi connectivity index (χ4v) is 0.842. The number of nitro groups is 1. The van der Waals surface area contributed by atoms with E-state index in [1.807, 2.05) is 0 Å². The zero-order chi connectivity index (χ0) is 10.6. The van der Waals surface area contributed by atoms with Gasteiger partial charge in [0, 0.05) is 12.1 Å². The van der Waals surface area contributed by atoms with E-state index in [9.17, 15) is 10.1 Å². The molecule has 0 heterocycles. The highest BCUT2D eigenvalue weighted by Crippen LogP contribution is 2.15. The van der Waals surface area contributed by atoms with Crippen LogP contribution in [0.1, 0.15) is 6.92 Å². The molecule has 0 atom stereocenters. The predicted octanol–water partition coefficient (Wildman–Crippen LogP) is 2.58. The van der Waals surface area contributed by atoms with Gasteiger partial charge in [-0.1, -0.05) is 11.6 Å². The van der Waals surface area contributed by atoms with Gasteiger partial charge in [-0.25, -0.2) is 0 Å². The van der Waals surface area contributed by atoms with Crippen LogP contribution in [0.2, 0.25) is 0 Å². The maximum Gasteiger partial charge on any atom is 0.269 e. The summed E-state index contributed by atoms with van der Waals surface area (Å²) < 4.78 is 0. The van der Waals surface area contributed by atoms with Crippen LogP contribution in [0, 0.1) is 10.1 Å². The van der Waals surface area contributed by atoms with E-state index in [0.717, 1.165) is 0 Å². The van der Waals surface area contributed by atoms with Crippen molar-refractivity contribution in [2.75, 3.05) is 5.43 Å². The lowest BCUT2D eigenvalue weighted by molar-refractivity contribution is -0.384. The molecule has 1 rings (SSSR count). The molecule has 0 aliphatic carbocycles. The molecule has 6 heteroatoms. The summed E-state index contributed by atoms with van der Waals surface area (Å²) in [6, 6.07) is 5.89. The number of rotatable bonds is 3. The van der Waals surface area contributed by atoms with Crippen molar-refractivity contribution in [1.82, 2.24) is 0 Å². The van der Waals surface area contributed by atoms with Crippen LogP contribution in [-0.2, 0) is 0 Å². The quantitative estimate of drug-likeness (QED) is 0.477. The van der Waals surface area contributed by atoms with Crippen LogP contribution >= 0.6 is 11.6 Å². The van der Waals surface area contributed by atoms with E-state index < -0.39 is 4.92 Å². The van der Waals surface area contributed by atoms with E-state index in [0.29, 0.717) is 10.9 Å². The van der Waals surface area contributed by atoms with Crippen molar-refractivity contribution in [1.29, 1.82) is 0 Å². The second-order valence-electron chi connectivity index (χ2n) is 2.52. The Morgan fingerprint density at radius 2 is 2.07 bits per heavy atom. The van der Waals surface area contributed by atoms with E-state index in [1.165, 1.54) is 12.1 Å². The van der Waals surface area contributed by atoms with Gasteiger partial charge < -0.3 is 0 Å². The number of non-ortho nitro benzene ring substituents is 1. The van der Waals surface area contributed by atoms with Gasteiger partial charge in [0.1, 0.15) is 5.17 Å². The largest absolute Gasteiger partial charge is 0.277 e. The van der Waals surface area contributed by atoms with E-state index in [-0.39, 0.29) is 5.69 Å². The number of hydrazone groups is 1. The molecule has 0 bridgehead atoms. The summed E-state index contributed by atoms with van der Waals surface area (Å²) in [5, 5.41) is 14.4. The smallest absolute Gasteiger partial charge is 0.269 e. The van der Waals surface area contributed by atoms with Crippen LogP contribution in [0.15, 0.2) is 29.4 Å². The van der Waals surface area contributed by atoms with Crippen LogP contribution in [0.3, 0.4) is 0 Å². The normalized spacial score (nSPS) is 11.1. The van der Waals surface area contributed by atoms with Crippen molar-refractivity contribution in [3.8, 4) is 0 Å². The Labute approximate surface area is 85.5 Å². The summed E-state index contributed by atoms with van der Waals surface area (Å²) in [4.78, 5) is 9.86. The standard InChI is InChI=1S/C8H8ClN3O2/c1-6(9)10-11-7-2-4-8(5-3-7)12(13)14/h2-5,11H,1H3/b10-6-. The lowest BCUT2D eigenvalue weighted by Crippen LogP contribution is -1.92. The minimum absolute atomic E-state index is 0.0436. The van der Waals surface area contributed by atoms with E-state index in [4.69, 9.17) is 11.6 Å². The Morgan fingerprint density at radius 3 is 2.50 bits per heavy atom. The highest BCUT2D eigenvalue weighted by atomic mass is 35.5. The summed E-state index contributed by atoms with van der Waals surface area (Å²) in [7, 11) is 0. The Hall–Kier alpha value is -1.62. The fraction of sp³-hybridized carbons (Fsp3) is 0.125. The van der Waals surface area contributed by atoms with Gasteiger partial charge in [-0.3, -0.25) is 15.5 Å². The van der Waals surface area contributed by atoms with Gasteiger partial charge in [-0.05, 0) is 19.1 Å². The Kier molecular flexibility index (Phi) is 3.41. The molecule has 0 unspecified atom stereocenters. The third-order valence-electron chi connectivity index (χ3n) is 1.42. The molecule has 0 spiro atoms. The third kappa shape index (κ3) is 3.02. The second kappa shape index (κ2) is 4.57. The van der Waals surface area contributed by atoms with Gasteiger partial charge in [0.25, 0.3) is 5.69 Å². The number of hydrogen-bond donors (Lipinski definition) is 1. The van der Waals surface area contributed by atoms with Crippen molar-refractivity contribution in [2.24, 2.45) is 5.10 Å². The summed E-state index contributed by atoms with van der Waals surface area (Å²) in [6.45, 7) is 1.62. The number of nitro benzene ring substituents is 1. The molecule has 0 aromatic heterocycles. The molecule has 0 radical (unpaired) electrons. The predicted molar refractivity (Wildman–Crippen MR) is 55.7 cm³/mol. The minimum atomic E-state index is -0.458. The van der Waals surface area contributed by atoms with Crippen molar-refractivity contribution >= 4 is 28.1 Å². The van der Waals surface area contributed by atoms with Crippen LogP contribution in [0.4, 0.5) is 11.4 Å². The number of halogens is 1. The Morgan fingerprint density at radius 1 is 1.50 bits per heavy atom. The first-order valence-corrected chi connectivity index (χ1v) is 4.17. The topological polar surface area (TPSA) is 67.5 Å². The Bertz CT molecular complexity index is 357. The molecule has 0 fully saturated rings. The molecule has 74 valence electrons. The number of nitrogens with zero attached hydrogens (tertiary/aromatic N) is 2. The summed E-state index contributed by atoms with van der Waals surface area (Å²) in [5.74, 6) is 0. The average molecular weight is 214 g/mol. The molecule has 1 aromatic rings. The summed E-state index contributed by atoms with van der Waals surface area (Å²) in [5.41, 5.74) is 3.34. The van der Waals surface area contributed by atoms with E-state index in [2.05, 4.69) is 10.5 Å². The van der Waals surface area contributed by atoms with Gasteiger partial charge in [-0.2, -0.15) is 5.10 Å². The molecule has 0 aliphatic heterocycles. The first-order valence-electron chi connectivity index (χ1n) is 3.80. The van der Waals surface area contributed by atoms with Gasteiger partial charge in [0.15, 0.2) is 0 Å². The van der Waals surface area contributed by atoms with Crippen LogP contribution in [0.5, 0.6) is 0 Å². The minimum Gasteiger partial charge on any atom is -0.277 e.